The summed E-state index contributed by atoms with van der Waals surface area (Å²) < 4.78 is 0. The van der Waals surface area contributed by atoms with Crippen LogP contribution < -0.4 is 5.32 Å². The van der Waals surface area contributed by atoms with Gasteiger partial charge in [0.1, 0.15) is 0 Å². The molecule has 1 heterocycles. The molecule has 0 amide bonds. The molecule has 0 aliphatic heterocycles. The van der Waals surface area contributed by atoms with Crippen LogP contribution in [-0.4, -0.2) is 4.98 Å². The summed E-state index contributed by atoms with van der Waals surface area (Å²) in [7, 11) is 0. The molecule has 0 saturated carbocycles. The summed E-state index contributed by atoms with van der Waals surface area (Å²) >= 11 is 0. The van der Waals surface area contributed by atoms with Gasteiger partial charge in [0, 0.05) is 22.3 Å². The van der Waals surface area contributed by atoms with Crippen LogP contribution in [0.1, 0.15) is 30.1 Å². The molecular weight excluding hydrogens is 244 g/mol. The van der Waals surface area contributed by atoms with Gasteiger partial charge in [-0.05, 0) is 43.0 Å². The maximum absolute atomic E-state index is 3.67. The average molecular weight is 262 g/mol. The SMILES string of the molecule is c1ccc(NC2CCCc3c2[nH]c2ccccc32)cc1. The number of hydrogen-bond acceptors (Lipinski definition) is 1. The third-order valence-corrected chi connectivity index (χ3v) is 4.23. The van der Waals surface area contributed by atoms with E-state index in [1.54, 1.807) is 0 Å². The maximum atomic E-state index is 3.67. The van der Waals surface area contributed by atoms with E-state index in [0.29, 0.717) is 6.04 Å². The van der Waals surface area contributed by atoms with Crippen molar-refractivity contribution in [2.24, 2.45) is 0 Å². The summed E-state index contributed by atoms with van der Waals surface area (Å²) in [5.74, 6) is 0. The van der Waals surface area contributed by atoms with Gasteiger partial charge in [0.05, 0.1) is 6.04 Å². The van der Waals surface area contributed by atoms with Gasteiger partial charge in [-0.3, -0.25) is 0 Å². The van der Waals surface area contributed by atoms with E-state index >= 15 is 0 Å². The normalized spacial score (nSPS) is 17.9. The Labute approximate surface area is 118 Å². The van der Waals surface area contributed by atoms with Crippen molar-refractivity contribution in [1.82, 2.24) is 4.98 Å². The van der Waals surface area contributed by atoms with E-state index in [2.05, 4.69) is 64.9 Å². The smallest absolute Gasteiger partial charge is 0.0666 e. The molecule has 20 heavy (non-hydrogen) atoms. The molecular formula is C18H18N2. The van der Waals surface area contributed by atoms with Gasteiger partial charge >= 0.3 is 0 Å². The zero-order chi connectivity index (χ0) is 13.4. The van der Waals surface area contributed by atoms with Crippen LogP contribution in [0.25, 0.3) is 10.9 Å². The summed E-state index contributed by atoms with van der Waals surface area (Å²) in [6, 6.07) is 19.5. The van der Waals surface area contributed by atoms with E-state index in [9.17, 15) is 0 Å². The minimum atomic E-state index is 0.397. The molecule has 1 aliphatic rings. The number of anilines is 1. The van der Waals surface area contributed by atoms with Gasteiger partial charge in [-0.15, -0.1) is 0 Å². The second-order valence-corrected chi connectivity index (χ2v) is 5.52. The standard InChI is InChI=1S/C18H18N2/c1-2-7-13(8-3-1)19-17-12-6-10-15-14-9-4-5-11-16(14)20-18(15)17/h1-5,7-9,11,17,19-20H,6,10,12H2. The number of nitrogens with one attached hydrogen (secondary N) is 2. The summed E-state index contributed by atoms with van der Waals surface area (Å²) in [5, 5.41) is 5.06. The molecule has 3 aromatic rings. The number of aromatic amines is 1. The molecule has 0 radical (unpaired) electrons. The minimum absolute atomic E-state index is 0.397. The van der Waals surface area contributed by atoms with E-state index in [4.69, 9.17) is 0 Å². The molecule has 0 spiro atoms. The largest absolute Gasteiger partial charge is 0.377 e. The Bertz CT molecular complexity index is 728. The number of hydrogen-bond donors (Lipinski definition) is 2. The molecule has 0 bridgehead atoms. The van der Waals surface area contributed by atoms with Crippen molar-refractivity contribution in [2.45, 2.75) is 25.3 Å². The highest BCUT2D eigenvalue weighted by Crippen LogP contribution is 2.36. The lowest BCUT2D eigenvalue weighted by Gasteiger charge is -2.24. The first-order chi connectivity index (χ1) is 9.92. The first kappa shape index (κ1) is 11.6. The molecule has 2 heteroatoms. The number of H-pyrrole nitrogens is 1. The molecule has 2 nitrogen and oxygen atoms in total. The molecule has 2 aromatic carbocycles. The highest BCUT2D eigenvalue weighted by molar-refractivity contribution is 5.85. The molecule has 4 rings (SSSR count). The second kappa shape index (κ2) is 4.71. The van der Waals surface area contributed by atoms with Crippen LogP contribution in [0.4, 0.5) is 5.69 Å². The Kier molecular flexibility index (Phi) is 2.73. The fourth-order valence-corrected chi connectivity index (χ4v) is 3.29. The lowest BCUT2D eigenvalue weighted by atomic mass is 9.91. The summed E-state index contributed by atoms with van der Waals surface area (Å²) in [6.07, 6.45) is 3.63. The van der Waals surface area contributed by atoms with Crippen LogP contribution >= 0.6 is 0 Å². The molecule has 1 atom stereocenters. The van der Waals surface area contributed by atoms with Crippen LogP contribution in [0, 0.1) is 0 Å². The molecule has 1 aromatic heterocycles. The first-order valence-corrected chi connectivity index (χ1v) is 7.33. The molecule has 1 unspecified atom stereocenters. The lowest BCUT2D eigenvalue weighted by molar-refractivity contribution is 0.593. The van der Waals surface area contributed by atoms with Crippen LogP contribution in [0.2, 0.25) is 0 Å². The Hall–Kier alpha value is -2.22. The Morgan fingerprint density at radius 2 is 1.75 bits per heavy atom. The van der Waals surface area contributed by atoms with Crippen LogP contribution in [0.3, 0.4) is 0 Å². The predicted octanol–water partition coefficient (Wildman–Crippen LogP) is 4.66. The van der Waals surface area contributed by atoms with Gasteiger partial charge in [0.15, 0.2) is 0 Å². The monoisotopic (exact) mass is 262 g/mol. The fraction of sp³-hybridized carbons (Fsp3) is 0.222. The number of fused-ring (bicyclic) bond motifs is 3. The van der Waals surface area contributed by atoms with Gasteiger partial charge in [-0.1, -0.05) is 36.4 Å². The Balaban J connectivity index is 1.75. The van der Waals surface area contributed by atoms with Gasteiger partial charge in [-0.2, -0.15) is 0 Å². The number of rotatable bonds is 2. The third kappa shape index (κ3) is 1.88. The molecule has 1 aliphatic carbocycles. The molecule has 2 N–H and O–H groups in total. The number of benzene rings is 2. The van der Waals surface area contributed by atoms with Crippen molar-refractivity contribution in [3.05, 3.63) is 65.9 Å². The van der Waals surface area contributed by atoms with Crippen molar-refractivity contribution >= 4 is 16.6 Å². The van der Waals surface area contributed by atoms with Crippen LogP contribution in [-0.2, 0) is 6.42 Å². The van der Waals surface area contributed by atoms with Gasteiger partial charge in [-0.25, -0.2) is 0 Å². The number of para-hydroxylation sites is 2. The quantitative estimate of drug-likeness (QED) is 0.691. The molecule has 0 fully saturated rings. The third-order valence-electron chi connectivity index (χ3n) is 4.23. The molecule has 100 valence electrons. The zero-order valence-electron chi connectivity index (χ0n) is 11.4. The van der Waals surface area contributed by atoms with E-state index < -0.39 is 0 Å². The summed E-state index contributed by atoms with van der Waals surface area (Å²) in [5.41, 5.74) is 5.34. The van der Waals surface area contributed by atoms with E-state index in [0.717, 1.165) is 0 Å². The highest BCUT2D eigenvalue weighted by atomic mass is 15.0. The highest BCUT2D eigenvalue weighted by Gasteiger charge is 2.23. The van der Waals surface area contributed by atoms with Crippen molar-refractivity contribution in [1.29, 1.82) is 0 Å². The number of aryl methyl sites for hydroxylation is 1. The Morgan fingerprint density at radius 3 is 2.65 bits per heavy atom. The van der Waals surface area contributed by atoms with E-state index in [1.165, 1.54) is 47.1 Å². The van der Waals surface area contributed by atoms with Gasteiger partial charge < -0.3 is 10.3 Å². The van der Waals surface area contributed by atoms with Gasteiger partial charge in [0.25, 0.3) is 0 Å². The van der Waals surface area contributed by atoms with E-state index in [-0.39, 0.29) is 0 Å². The zero-order valence-corrected chi connectivity index (χ0v) is 11.4. The van der Waals surface area contributed by atoms with Crippen molar-refractivity contribution in [3.63, 3.8) is 0 Å². The van der Waals surface area contributed by atoms with Crippen molar-refractivity contribution in [3.8, 4) is 0 Å². The first-order valence-electron chi connectivity index (χ1n) is 7.33. The minimum Gasteiger partial charge on any atom is -0.377 e. The second-order valence-electron chi connectivity index (χ2n) is 5.52. The topological polar surface area (TPSA) is 27.8 Å². The molecule has 0 saturated heterocycles. The van der Waals surface area contributed by atoms with Crippen LogP contribution in [0.5, 0.6) is 0 Å². The predicted molar refractivity (Wildman–Crippen MR) is 84.0 cm³/mol. The number of aromatic nitrogens is 1. The van der Waals surface area contributed by atoms with Crippen molar-refractivity contribution < 1.29 is 0 Å². The lowest BCUT2D eigenvalue weighted by Crippen LogP contribution is -2.17. The van der Waals surface area contributed by atoms with Crippen molar-refractivity contribution in [2.75, 3.05) is 5.32 Å². The summed E-state index contributed by atoms with van der Waals surface area (Å²) in [6.45, 7) is 0. The van der Waals surface area contributed by atoms with Crippen LogP contribution in [0.15, 0.2) is 54.6 Å². The fourth-order valence-electron chi connectivity index (χ4n) is 3.29. The maximum Gasteiger partial charge on any atom is 0.0666 e. The van der Waals surface area contributed by atoms with Gasteiger partial charge in [0.2, 0.25) is 0 Å². The Morgan fingerprint density at radius 1 is 0.950 bits per heavy atom. The summed E-state index contributed by atoms with van der Waals surface area (Å²) in [4.78, 5) is 3.62. The average Bonchev–Trinajstić information content (AvgIpc) is 2.88. The van der Waals surface area contributed by atoms with E-state index in [1.807, 2.05) is 0 Å².